The maximum Gasteiger partial charge on any atom is 0.228 e. The molecule has 1 amide bonds. The minimum absolute atomic E-state index is 0.0369. The van der Waals surface area contributed by atoms with E-state index in [0.29, 0.717) is 18.8 Å². The average Bonchev–Trinajstić information content (AvgIpc) is 3.38. The summed E-state index contributed by atoms with van der Waals surface area (Å²) < 4.78 is 18.8. The van der Waals surface area contributed by atoms with Crippen LogP contribution in [0.5, 0.6) is 5.75 Å². The first-order chi connectivity index (χ1) is 10.7. The minimum Gasteiger partial charge on any atom is -0.496 e. The van der Waals surface area contributed by atoms with Crippen molar-refractivity contribution in [3.8, 4) is 5.75 Å². The quantitative estimate of drug-likeness (QED) is 0.908. The highest BCUT2D eigenvalue weighted by molar-refractivity contribution is 5.80. The molecule has 1 unspecified atom stereocenters. The van der Waals surface area contributed by atoms with Crippen molar-refractivity contribution in [1.82, 2.24) is 10.2 Å². The zero-order valence-corrected chi connectivity index (χ0v) is 12.7. The second-order valence-electron chi connectivity index (χ2n) is 5.90. The van der Waals surface area contributed by atoms with E-state index in [2.05, 4.69) is 5.32 Å². The van der Waals surface area contributed by atoms with Gasteiger partial charge in [-0.2, -0.15) is 0 Å². The Kier molecular flexibility index (Phi) is 4.32. The number of methoxy groups -OCH3 is 1. The molecule has 0 radical (unpaired) electrons. The number of amides is 1. The van der Waals surface area contributed by atoms with Crippen molar-refractivity contribution in [1.29, 1.82) is 0 Å². The van der Waals surface area contributed by atoms with Gasteiger partial charge in [0.25, 0.3) is 0 Å². The number of hydrogen-bond acceptors (Lipinski definition) is 3. The van der Waals surface area contributed by atoms with E-state index in [0.717, 1.165) is 24.8 Å². The second-order valence-corrected chi connectivity index (χ2v) is 5.90. The molecule has 0 aromatic heterocycles. The fourth-order valence-electron chi connectivity index (χ4n) is 2.86. The molecule has 1 aliphatic heterocycles. The fraction of sp³-hybridized carbons (Fsp3) is 0.471. The number of nitrogens with zero attached hydrogens (tertiary/aromatic N) is 1. The van der Waals surface area contributed by atoms with Crippen LogP contribution in [-0.2, 0) is 11.3 Å². The maximum atomic E-state index is 13.5. The highest BCUT2D eigenvalue weighted by Gasteiger charge is 2.36. The third-order valence-corrected chi connectivity index (χ3v) is 4.22. The van der Waals surface area contributed by atoms with Crippen molar-refractivity contribution in [2.24, 2.45) is 5.92 Å². The van der Waals surface area contributed by atoms with E-state index in [1.165, 1.54) is 12.1 Å². The van der Waals surface area contributed by atoms with Gasteiger partial charge in [0.15, 0.2) is 0 Å². The van der Waals surface area contributed by atoms with Crippen LogP contribution in [0.3, 0.4) is 0 Å². The molecule has 1 saturated carbocycles. The molecule has 1 aromatic carbocycles. The number of carbonyl (C=O) groups is 1. The Morgan fingerprint density at radius 3 is 2.91 bits per heavy atom. The number of hydrogen-bond donors (Lipinski definition) is 1. The highest BCUT2D eigenvalue weighted by Crippen LogP contribution is 2.32. The maximum absolute atomic E-state index is 13.5. The van der Waals surface area contributed by atoms with Crippen LogP contribution in [0.1, 0.15) is 24.8 Å². The molecule has 0 spiro atoms. The van der Waals surface area contributed by atoms with Gasteiger partial charge in [-0.1, -0.05) is 6.08 Å². The second kappa shape index (κ2) is 6.38. The van der Waals surface area contributed by atoms with Gasteiger partial charge in [0.05, 0.1) is 13.0 Å². The van der Waals surface area contributed by atoms with E-state index in [9.17, 15) is 9.18 Å². The van der Waals surface area contributed by atoms with Gasteiger partial charge in [0, 0.05) is 24.7 Å². The molecule has 1 aliphatic carbocycles. The van der Waals surface area contributed by atoms with Crippen LogP contribution in [0, 0.1) is 11.7 Å². The number of allylic oxidation sites excluding steroid dienone is 1. The predicted molar refractivity (Wildman–Crippen MR) is 81.8 cm³/mol. The van der Waals surface area contributed by atoms with Crippen molar-refractivity contribution in [3.63, 3.8) is 0 Å². The van der Waals surface area contributed by atoms with Gasteiger partial charge in [-0.3, -0.25) is 4.79 Å². The summed E-state index contributed by atoms with van der Waals surface area (Å²) in [6.45, 7) is 1.07. The average molecular weight is 304 g/mol. The largest absolute Gasteiger partial charge is 0.496 e. The van der Waals surface area contributed by atoms with Crippen molar-refractivity contribution >= 4 is 5.91 Å². The van der Waals surface area contributed by atoms with Gasteiger partial charge in [-0.15, -0.1) is 0 Å². The predicted octanol–water partition coefficient (Wildman–Crippen LogP) is 2.45. The first-order valence-corrected chi connectivity index (χ1v) is 7.70. The molecule has 4 nitrogen and oxygen atoms in total. The van der Waals surface area contributed by atoms with E-state index in [4.69, 9.17) is 4.74 Å². The molecular formula is C17H21FN2O2. The third kappa shape index (κ3) is 3.24. The molecule has 1 N–H and O–H groups in total. The van der Waals surface area contributed by atoms with Gasteiger partial charge < -0.3 is 15.0 Å². The highest BCUT2D eigenvalue weighted by atomic mass is 19.1. The first-order valence-electron chi connectivity index (χ1n) is 7.70. The van der Waals surface area contributed by atoms with E-state index in [-0.39, 0.29) is 23.7 Å². The summed E-state index contributed by atoms with van der Waals surface area (Å²) in [5, 5.41) is 3.11. The molecule has 1 aromatic rings. The molecule has 0 bridgehead atoms. The lowest BCUT2D eigenvalue weighted by Gasteiger charge is -2.29. The molecule has 1 fully saturated rings. The summed E-state index contributed by atoms with van der Waals surface area (Å²) in [6.07, 6.45) is 6.69. The molecule has 118 valence electrons. The lowest BCUT2D eigenvalue weighted by atomic mass is 10.0. The smallest absolute Gasteiger partial charge is 0.228 e. The van der Waals surface area contributed by atoms with Gasteiger partial charge >= 0.3 is 0 Å². The van der Waals surface area contributed by atoms with Crippen molar-refractivity contribution < 1.29 is 13.9 Å². The van der Waals surface area contributed by atoms with E-state index in [1.54, 1.807) is 13.2 Å². The lowest BCUT2D eigenvalue weighted by Crippen LogP contribution is -2.41. The molecule has 2 aliphatic rings. The topological polar surface area (TPSA) is 41.6 Å². The summed E-state index contributed by atoms with van der Waals surface area (Å²) in [5.41, 5.74) is 0.724. The summed E-state index contributed by atoms with van der Waals surface area (Å²) in [7, 11) is 1.57. The standard InChI is InChI=1S/C17H21FN2O2/c1-22-16-7-4-14(18)9-13(16)11-20(15-5-6-15)17(21)12-3-2-8-19-10-12/h2,4,7-9,12,15,19H,3,5-6,10-11H2,1H3. The van der Waals surface area contributed by atoms with Gasteiger partial charge in [0.1, 0.15) is 11.6 Å². The third-order valence-electron chi connectivity index (χ3n) is 4.22. The summed E-state index contributed by atoms with van der Waals surface area (Å²) >= 11 is 0. The van der Waals surface area contributed by atoms with Crippen LogP contribution in [0.15, 0.2) is 30.5 Å². The SMILES string of the molecule is COc1ccc(F)cc1CN(C(=O)C1CC=CNC1)C1CC1. The lowest BCUT2D eigenvalue weighted by molar-refractivity contribution is -0.136. The number of halogens is 1. The molecule has 3 rings (SSSR count). The van der Waals surface area contributed by atoms with Gasteiger partial charge in [-0.05, 0) is 43.7 Å². The monoisotopic (exact) mass is 304 g/mol. The van der Waals surface area contributed by atoms with Crippen LogP contribution >= 0.6 is 0 Å². The van der Waals surface area contributed by atoms with E-state index < -0.39 is 0 Å². The normalized spacial score (nSPS) is 20.4. The number of benzene rings is 1. The molecule has 22 heavy (non-hydrogen) atoms. The van der Waals surface area contributed by atoms with Crippen LogP contribution in [0.2, 0.25) is 0 Å². The summed E-state index contributed by atoms with van der Waals surface area (Å²) in [4.78, 5) is 14.7. The Hall–Kier alpha value is -2.04. The number of ether oxygens (including phenoxy) is 1. The van der Waals surface area contributed by atoms with Crippen molar-refractivity contribution in [2.45, 2.75) is 31.8 Å². The first kappa shape index (κ1) is 14.9. The molecule has 5 heteroatoms. The number of carbonyl (C=O) groups excluding carboxylic acids is 1. The van der Waals surface area contributed by atoms with Crippen molar-refractivity contribution in [3.05, 3.63) is 41.9 Å². The molecule has 0 saturated heterocycles. The van der Waals surface area contributed by atoms with Gasteiger partial charge in [-0.25, -0.2) is 4.39 Å². The van der Waals surface area contributed by atoms with Crippen molar-refractivity contribution in [2.75, 3.05) is 13.7 Å². The summed E-state index contributed by atoms with van der Waals surface area (Å²) in [5.74, 6) is 0.429. The Bertz CT molecular complexity index is 584. The van der Waals surface area contributed by atoms with E-state index in [1.807, 2.05) is 17.2 Å². The van der Waals surface area contributed by atoms with E-state index >= 15 is 0 Å². The van der Waals surface area contributed by atoms with Crippen LogP contribution in [0.25, 0.3) is 0 Å². The van der Waals surface area contributed by atoms with Gasteiger partial charge in [0.2, 0.25) is 5.91 Å². The van der Waals surface area contributed by atoms with Crippen LogP contribution in [-0.4, -0.2) is 30.5 Å². The Labute approximate surface area is 129 Å². The molecular weight excluding hydrogens is 283 g/mol. The zero-order chi connectivity index (χ0) is 15.5. The molecule has 1 atom stereocenters. The zero-order valence-electron chi connectivity index (χ0n) is 12.7. The Balaban J connectivity index is 1.78. The molecule has 1 heterocycles. The summed E-state index contributed by atoms with van der Waals surface area (Å²) in [6, 6.07) is 4.74. The number of rotatable bonds is 5. The number of nitrogens with one attached hydrogen (secondary N) is 1. The minimum atomic E-state index is -0.304. The Morgan fingerprint density at radius 2 is 2.27 bits per heavy atom. The van der Waals surface area contributed by atoms with Crippen LogP contribution < -0.4 is 10.1 Å². The Morgan fingerprint density at radius 1 is 1.45 bits per heavy atom. The fourth-order valence-corrected chi connectivity index (χ4v) is 2.86. The van der Waals surface area contributed by atoms with Crippen LogP contribution in [0.4, 0.5) is 4.39 Å².